The first kappa shape index (κ1) is 20.5. The van der Waals surface area contributed by atoms with E-state index in [2.05, 4.69) is 64.4 Å². The normalized spacial score (nSPS) is 14.2. The molecule has 1 aromatic heterocycles. The molecule has 25 heavy (non-hydrogen) atoms. The van der Waals surface area contributed by atoms with E-state index in [9.17, 15) is 0 Å². The van der Waals surface area contributed by atoms with E-state index in [1.807, 2.05) is 0 Å². The molecule has 140 valence electrons. The number of unbranched alkanes of at least 4 members (excludes halogenated alkanes) is 6. The van der Waals surface area contributed by atoms with Crippen LogP contribution in [0.4, 0.5) is 0 Å². The Morgan fingerprint density at radius 2 is 1.68 bits per heavy atom. The van der Waals surface area contributed by atoms with Crippen molar-refractivity contribution in [1.82, 2.24) is 4.90 Å². The van der Waals surface area contributed by atoms with Gasteiger partial charge in [-0.3, -0.25) is 0 Å². The third-order valence-electron chi connectivity index (χ3n) is 4.65. The standard InChI is InChI=1S/C22H35IN2/c1-3-5-7-9-15-23-25-19-13-22(14-20-25)21-11-17-24(18-12-21)16-10-8-6-4-2/h11-14,17,19-20H,3-10,15-16,18H2,1-2H3. The Labute approximate surface area is 165 Å². The summed E-state index contributed by atoms with van der Waals surface area (Å²) < 4.78 is 3.83. The van der Waals surface area contributed by atoms with Crippen molar-refractivity contribution in [2.24, 2.45) is 0 Å². The average Bonchev–Trinajstić information content (AvgIpc) is 2.66. The van der Waals surface area contributed by atoms with Crippen molar-refractivity contribution in [1.29, 1.82) is 0 Å². The molecule has 1 aliphatic rings. The molecule has 0 bridgehead atoms. The van der Waals surface area contributed by atoms with Crippen LogP contribution < -0.4 is 24.3 Å². The second kappa shape index (κ2) is 12.5. The molecule has 0 unspecified atom stereocenters. The van der Waals surface area contributed by atoms with Crippen molar-refractivity contribution in [3.8, 4) is 0 Å². The van der Waals surface area contributed by atoms with Crippen LogP contribution in [-0.2, 0) is 0 Å². The second-order valence-electron chi connectivity index (χ2n) is 6.83. The summed E-state index contributed by atoms with van der Waals surface area (Å²) in [6.45, 7) is 6.80. The Kier molecular flexibility index (Phi) is 10.2. The van der Waals surface area contributed by atoms with Gasteiger partial charge >= 0.3 is 153 Å². The molecule has 0 aliphatic carbocycles. The second-order valence-corrected chi connectivity index (χ2v) is 9.71. The maximum atomic E-state index is 2.43. The van der Waals surface area contributed by atoms with Gasteiger partial charge in [-0.05, 0) is 0 Å². The summed E-state index contributed by atoms with van der Waals surface area (Å²) in [7, 11) is 0. The quantitative estimate of drug-likeness (QED) is 0.267. The van der Waals surface area contributed by atoms with Crippen LogP contribution in [0.15, 0.2) is 42.9 Å². The fraction of sp³-hybridized carbons (Fsp3) is 0.591. The molecule has 0 N–H and O–H groups in total. The molecule has 1 aliphatic heterocycles. The predicted molar refractivity (Wildman–Crippen MR) is 104 cm³/mol. The van der Waals surface area contributed by atoms with E-state index in [0.29, 0.717) is 0 Å². The molecule has 0 amide bonds. The van der Waals surface area contributed by atoms with Crippen molar-refractivity contribution >= 4 is 5.57 Å². The molecule has 3 heteroatoms. The number of alkyl halides is 1. The molecule has 0 aromatic carbocycles. The van der Waals surface area contributed by atoms with E-state index in [-0.39, 0.29) is 21.5 Å². The summed E-state index contributed by atoms with van der Waals surface area (Å²) in [5.74, 6) is 0. The number of rotatable bonds is 12. The van der Waals surface area contributed by atoms with Crippen LogP contribution in [-0.4, -0.2) is 22.4 Å². The zero-order valence-electron chi connectivity index (χ0n) is 16.1. The van der Waals surface area contributed by atoms with E-state index in [4.69, 9.17) is 0 Å². The third kappa shape index (κ3) is 7.93. The summed E-state index contributed by atoms with van der Waals surface area (Å²) >= 11 is 0.130. The topological polar surface area (TPSA) is 7.12 Å². The molecule has 0 radical (unpaired) electrons. The minimum absolute atomic E-state index is 0.130. The van der Waals surface area contributed by atoms with E-state index < -0.39 is 0 Å². The van der Waals surface area contributed by atoms with Gasteiger partial charge < -0.3 is 0 Å². The van der Waals surface area contributed by atoms with E-state index >= 15 is 0 Å². The molecule has 0 spiro atoms. The number of aromatic nitrogens is 1. The summed E-state index contributed by atoms with van der Waals surface area (Å²) in [4.78, 5) is 2.43. The summed E-state index contributed by atoms with van der Waals surface area (Å²) in [6.07, 6.45) is 22.4. The van der Waals surface area contributed by atoms with Gasteiger partial charge in [0.2, 0.25) is 0 Å². The first-order chi connectivity index (χ1) is 12.3. The molecular weight excluding hydrogens is 419 g/mol. The maximum absolute atomic E-state index is 2.43. The fourth-order valence-corrected chi connectivity index (χ4v) is 5.22. The van der Waals surface area contributed by atoms with Crippen LogP contribution in [0.3, 0.4) is 0 Å². The summed E-state index contributed by atoms with van der Waals surface area (Å²) in [5.41, 5.74) is 2.73. The number of allylic oxidation sites excluding steroid dienone is 2. The molecule has 0 saturated heterocycles. The molecule has 0 atom stereocenters. The van der Waals surface area contributed by atoms with Crippen molar-refractivity contribution in [2.45, 2.75) is 65.2 Å². The van der Waals surface area contributed by atoms with Gasteiger partial charge in [0.15, 0.2) is 0 Å². The van der Waals surface area contributed by atoms with E-state index in [1.54, 1.807) is 0 Å². The number of nitrogens with zero attached hydrogens (tertiary/aromatic N) is 2. The number of halogens is 1. The zero-order valence-corrected chi connectivity index (χ0v) is 18.2. The zero-order chi connectivity index (χ0) is 17.7. The van der Waals surface area contributed by atoms with Gasteiger partial charge in [0.05, 0.1) is 0 Å². The molecule has 2 nitrogen and oxygen atoms in total. The number of hydrogen-bond donors (Lipinski definition) is 0. The van der Waals surface area contributed by atoms with E-state index in [1.165, 1.54) is 73.5 Å². The summed E-state index contributed by atoms with van der Waals surface area (Å²) in [6, 6.07) is 4.58. The minimum atomic E-state index is 0.130. The van der Waals surface area contributed by atoms with Gasteiger partial charge in [-0.1, -0.05) is 13.3 Å². The van der Waals surface area contributed by atoms with Gasteiger partial charge in [-0.15, -0.1) is 0 Å². The molecule has 0 fully saturated rings. The van der Waals surface area contributed by atoms with Crippen LogP contribution >= 0.6 is 0 Å². The van der Waals surface area contributed by atoms with Crippen molar-refractivity contribution in [2.75, 3.05) is 17.5 Å². The Morgan fingerprint density at radius 1 is 0.960 bits per heavy atom. The molecular formula is C22H35IN2. The number of pyridine rings is 1. The van der Waals surface area contributed by atoms with Crippen LogP contribution in [0, 0.1) is 0 Å². The van der Waals surface area contributed by atoms with Gasteiger partial charge in [-0.25, -0.2) is 0 Å². The first-order valence-corrected chi connectivity index (χ1v) is 12.6. The predicted octanol–water partition coefficient (Wildman–Crippen LogP) is 2.20. The monoisotopic (exact) mass is 454 g/mol. The van der Waals surface area contributed by atoms with Crippen LogP contribution in [0.5, 0.6) is 0 Å². The Balaban J connectivity index is 1.73. The molecule has 2 heterocycles. The molecule has 2 rings (SSSR count). The summed E-state index contributed by atoms with van der Waals surface area (Å²) in [5, 5.41) is 0. The van der Waals surface area contributed by atoms with Gasteiger partial charge in [0.1, 0.15) is 0 Å². The van der Waals surface area contributed by atoms with Crippen LogP contribution in [0.2, 0.25) is 0 Å². The SMILES string of the molecule is CCCCCC[I-][n+]1ccc(C2=CCN(CCCCCC)C=C2)cc1. The van der Waals surface area contributed by atoms with Crippen molar-refractivity contribution in [3.63, 3.8) is 0 Å². The molecule has 0 saturated carbocycles. The Morgan fingerprint density at radius 3 is 2.32 bits per heavy atom. The van der Waals surface area contributed by atoms with Gasteiger partial charge in [-0.2, -0.15) is 0 Å². The fourth-order valence-electron chi connectivity index (χ4n) is 3.01. The van der Waals surface area contributed by atoms with Crippen molar-refractivity contribution < 1.29 is 24.3 Å². The first-order valence-electron chi connectivity index (χ1n) is 10.1. The van der Waals surface area contributed by atoms with Crippen molar-refractivity contribution in [3.05, 3.63) is 48.4 Å². The van der Waals surface area contributed by atoms with Crippen LogP contribution in [0.25, 0.3) is 5.57 Å². The average molecular weight is 454 g/mol. The van der Waals surface area contributed by atoms with Crippen LogP contribution in [0.1, 0.15) is 70.8 Å². The Bertz CT molecular complexity index is 533. The Hall–Kier alpha value is -0.840. The third-order valence-corrected chi connectivity index (χ3v) is 7.32. The van der Waals surface area contributed by atoms with Gasteiger partial charge in [0.25, 0.3) is 0 Å². The van der Waals surface area contributed by atoms with E-state index in [0.717, 1.165) is 6.54 Å². The number of hydrogen-bond acceptors (Lipinski definition) is 1. The van der Waals surface area contributed by atoms with Gasteiger partial charge in [0, 0.05) is 0 Å². The molecule has 1 aromatic rings.